The van der Waals surface area contributed by atoms with Crippen molar-refractivity contribution in [2.45, 2.75) is 19.8 Å². The van der Waals surface area contributed by atoms with Crippen molar-refractivity contribution in [3.8, 4) is 11.1 Å². The third kappa shape index (κ3) is 4.77. The molecule has 1 nitrogen and oxygen atoms in total. The second kappa shape index (κ2) is 8.25. The molecule has 0 aromatic heterocycles. The Labute approximate surface area is 150 Å². The van der Waals surface area contributed by atoms with Crippen LogP contribution < -0.4 is 0 Å². The Bertz CT molecular complexity index is 838. The van der Waals surface area contributed by atoms with Crippen molar-refractivity contribution in [2.75, 3.05) is 0 Å². The van der Waals surface area contributed by atoms with Crippen molar-refractivity contribution in [1.29, 1.82) is 0 Å². The first-order chi connectivity index (χ1) is 12.2. The first-order valence-electron chi connectivity index (χ1n) is 8.65. The highest BCUT2D eigenvalue weighted by atomic mass is 14.7. The van der Waals surface area contributed by atoms with E-state index < -0.39 is 0 Å². The van der Waals surface area contributed by atoms with Gasteiger partial charge in [0.25, 0.3) is 0 Å². The van der Waals surface area contributed by atoms with Crippen LogP contribution in [0.3, 0.4) is 0 Å². The van der Waals surface area contributed by atoms with Gasteiger partial charge in [0.2, 0.25) is 0 Å². The number of aliphatic imine (C=N–C) groups is 1. The van der Waals surface area contributed by atoms with E-state index in [0.29, 0.717) is 0 Å². The van der Waals surface area contributed by atoms with E-state index in [0.717, 1.165) is 24.1 Å². The smallest absolute Gasteiger partial charge is 0.0630 e. The molecule has 0 saturated heterocycles. The number of nitrogens with zero attached hydrogens (tertiary/aromatic N) is 1. The van der Waals surface area contributed by atoms with Crippen LogP contribution in [-0.4, -0.2) is 6.21 Å². The summed E-state index contributed by atoms with van der Waals surface area (Å²) in [5, 5.41) is 0. The minimum Gasteiger partial charge on any atom is -0.256 e. The van der Waals surface area contributed by atoms with Gasteiger partial charge in [0.15, 0.2) is 0 Å². The average Bonchev–Trinajstić information content (AvgIpc) is 2.67. The molecule has 0 aliphatic heterocycles. The second-order valence-electron chi connectivity index (χ2n) is 6.24. The standard InChI is InChI=1S/C24H23N/c1-3-4-5-20-8-10-21(11-9-20)18-25-24-16-14-23(15-17-24)22-12-6-19(2)7-13-22/h3,6-18H,1,4-5H2,2H3. The molecule has 0 heterocycles. The van der Waals surface area contributed by atoms with Crippen LogP contribution in [0.4, 0.5) is 5.69 Å². The number of allylic oxidation sites excluding steroid dienone is 1. The van der Waals surface area contributed by atoms with Crippen LogP contribution in [0.2, 0.25) is 0 Å². The van der Waals surface area contributed by atoms with Gasteiger partial charge < -0.3 is 0 Å². The van der Waals surface area contributed by atoms with Gasteiger partial charge in [0.05, 0.1) is 5.69 Å². The molecule has 0 radical (unpaired) electrons. The lowest BCUT2D eigenvalue weighted by Gasteiger charge is -2.03. The van der Waals surface area contributed by atoms with E-state index in [1.54, 1.807) is 0 Å². The molecule has 0 atom stereocenters. The molecule has 0 aliphatic carbocycles. The Kier molecular flexibility index (Phi) is 5.58. The van der Waals surface area contributed by atoms with E-state index in [-0.39, 0.29) is 0 Å². The van der Waals surface area contributed by atoms with Crippen LogP contribution >= 0.6 is 0 Å². The number of aryl methyl sites for hydroxylation is 2. The summed E-state index contributed by atoms with van der Waals surface area (Å²) in [6.45, 7) is 5.87. The summed E-state index contributed by atoms with van der Waals surface area (Å²) < 4.78 is 0. The van der Waals surface area contributed by atoms with Crippen molar-refractivity contribution in [2.24, 2.45) is 4.99 Å². The highest BCUT2D eigenvalue weighted by Gasteiger charge is 1.97. The monoisotopic (exact) mass is 325 g/mol. The molecule has 0 unspecified atom stereocenters. The number of benzene rings is 3. The summed E-state index contributed by atoms with van der Waals surface area (Å²) in [4.78, 5) is 4.58. The molecule has 3 aromatic carbocycles. The molecule has 0 N–H and O–H groups in total. The van der Waals surface area contributed by atoms with Crippen LogP contribution in [0, 0.1) is 6.92 Å². The first-order valence-corrected chi connectivity index (χ1v) is 8.65. The van der Waals surface area contributed by atoms with Gasteiger partial charge in [-0.1, -0.05) is 72.3 Å². The molecule has 0 saturated carbocycles. The third-order valence-electron chi connectivity index (χ3n) is 4.23. The van der Waals surface area contributed by atoms with Gasteiger partial charge >= 0.3 is 0 Å². The molecule has 124 valence electrons. The highest BCUT2D eigenvalue weighted by Crippen LogP contribution is 2.23. The van der Waals surface area contributed by atoms with Gasteiger partial charge in [-0.2, -0.15) is 0 Å². The second-order valence-corrected chi connectivity index (χ2v) is 6.24. The Balaban J connectivity index is 1.67. The van der Waals surface area contributed by atoms with E-state index in [1.807, 2.05) is 12.3 Å². The Morgan fingerprint density at radius 1 is 0.800 bits per heavy atom. The molecule has 0 aliphatic rings. The minimum absolute atomic E-state index is 0.964. The predicted molar refractivity (Wildman–Crippen MR) is 109 cm³/mol. The van der Waals surface area contributed by atoms with E-state index in [1.165, 1.54) is 22.3 Å². The lowest BCUT2D eigenvalue weighted by atomic mass is 10.0. The topological polar surface area (TPSA) is 12.4 Å². The predicted octanol–water partition coefficient (Wildman–Crippen LogP) is 6.53. The quantitative estimate of drug-likeness (QED) is 0.361. The zero-order chi connectivity index (χ0) is 17.5. The largest absolute Gasteiger partial charge is 0.256 e. The summed E-state index contributed by atoms with van der Waals surface area (Å²) in [6, 6.07) is 25.5. The van der Waals surface area contributed by atoms with Crippen molar-refractivity contribution >= 4 is 11.9 Å². The normalized spacial score (nSPS) is 10.9. The molecule has 1 heteroatoms. The molecular weight excluding hydrogens is 302 g/mol. The van der Waals surface area contributed by atoms with Gasteiger partial charge in [-0.05, 0) is 54.2 Å². The number of rotatable bonds is 6. The summed E-state index contributed by atoms with van der Waals surface area (Å²) in [5.41, 5.74) is 7.14. The fourth-order valence-corrected chi connectivity index (χ4v) is 2.67. The van der Waals surface area contributed by atoms with Gasteiger partial charge in [0, 0.05) is 6.21 Å². The molecule has 0 fully saturated rings. The summed E-state index contributed by atoms with van der Waals surface area (Å²) >= 11 is 0. The van der Waals surface area contributed by atoms with Crippen LogP contribution in [0.15, 0.2) is 90.4 Å². The summed E-state index contributed by atoms with van der Waals surface area (Å²) in [7, 11) is 0. The molecule has 0 bridgehead atoms. The first kappa shape index (κ1) is 16.9. The zero-order valence-electron chi connectivity index (χ0n) is 14.7. The molecule has 3 rings (SSSR count). The Morgan fingerprint density at radius 3 is 2.00 bits per heavy atom. The molecular formula is C24H23N. The van der Waals surface area contributed by atoms with Crippen molar-refractivity contribution < 1.29 is 0 Å². The van der Waals surface area contributed by atoms with Crippen molar-refractivity contribution in [3.05, 3.63) is 102 Å². The van der Waals surface area contributed by atoms with E-state index in [2.05, 4.69) is 91.3 Å². The maximum Gasteiger partial charge on any atom is 0.0630 e. The van der Waals surface area contributed by atoms with Gasteiger partial charge in [0.1, 0.15) is 0 Å². The van der Waals surface area contributed by atoms with Crippen molar-refractivity contribution in [1.82, 2.24) is 0 Å². The van der Waals surface area contributed by atoms with Gasteiger partial charge in [-0.25, -0.2) is 0 Å². The molecule has 3 aromatic rings. The fourth-order valence-electron chi connectivity index (χ4n) is 2.67. The maximum absolute atomic E-state index is 4.58. The van der Waals surface area contributed by atoms with Crippen LogP contribution in [0.25, 0.3) is 11.1 Å². The lowest BCUT2D eigenvalue weighted by Crippen LogP contribution is -1.85. The van der Waals surface area contributed by atoms with Crippen LogP contribution in [0.5, 0.6) is 0 Å². The lowest BCUT2D eigenvalue weighted by molar-refractivity contribution is 1.00. The Morgan fingerprint density at radius 2 is 1.40 bits per heavy atom. The number of hydrogen-bond acceptors (Lipinski definition) is 1. The van der Waals surface area contributed by atoms with Gasteiger partial charge in [-0.15, -0.1) is 6.58 Å². The maximum atomic E-state index is 4.58. The van der Waals surface area contributed by atoms with E-state index in [9.17, 15) is 0 Å². The van der Waals surface area contributed by atoms with Crippen LogP contribution in [-0.2, 0) is 6.42 Å². The summed E-state index contributed by atoms with van der Waals surface area (Å²) in [6.07, 6.45) is 5.93. The highest BCUT2D eigenvalue weighted by molar-refractivity contribution is 5.82. The van der Waals surface area contributed by atoms with Crippen molar-refractivity contribution in [3.63, 3.8) is 0 Å². The van der Waals surface area contributed by atoms with Gasteiger partial charge in [-0.3, -0.25) is 4.99 Å². The third-order valence-corrected chi connectivity index (χ3v) is 4.23. The summed E-state index contributed by atoms with van der Waals surface area (Å²) in [5.74, 6) is 0. The molecule has 0 spiro atoms. The zero-order valence-corrected chi connectivity index (χ0v) is 14.7. The Hall–Kier alpha value is -2.93. The molecule has 0 amide bonds. The van der Waals surface area contributed by atoms with E-state index in [4.69, 9.17) is 0 Å². The minimum atomic E-state index is 0.964. The van der Waals surface area contributed by atoms with E-state index >= 15 is 0 Å². The average molecular weight is 325 g/mol. The van der Waals surface area contributed by atoms with Crippen LogP contribution in [0.1, 0.15) is 23.1 Å². The SMILES string of the molecule is C=CCCc1ccc(C=Nc2ccc(-c3ccc(C)cc3)cc2)cc1. The fraction of sp³-hybridized carbons (Fsp3) is 0.125. The molecule has 25 heavy (non-hydrogen) atoms. The number of hydrogen-bond donors (Lipinski definition) is 0.